The number of nitrogens with zero attached hydrogens (tertiary/aromatic N) is 3. The lowest BCUT2D eigenvalue weighted by Crippen LogP contribution is -2.50. The molecule has 20 heavy (non-hydrogen) atoms. The summed E-state index contributed by atoms with van der Waals surface area (Å²) in [7, 11) is 1.73. The van der Waals surface area contributed by atoms with Gasteiger partial charge >= 0.3 is 12.0 Å². The second-order valence-electron chi connectivity index (χ2n) is 5.50. The molecule has 0 unspecified atom stereocenters. The lowest BCUT2D eigenvalue weighted by molar-refractivity contribution is -0.143. The van der Waals surface area contributed by atoms with E-state index in [1.807, 2.05) is 0 Å². The van der Waals surface area contributed by atoms with Gasteiger partial charge in [-0.15, -0.1) is 0 Å². The molecule has 0 aliphatic carbocycles. The van der Waals surface area contributed by atoms with Gasteiger partial charge in [0.1, 0.15) is 6.54 Å². The maximum absolute atomic E-state index is 12.4. The normalized spacial score (nSPS) is 24.6. The molecule has 0 aromatic rings. The molecule has 0 spiro atoms. The van der Waals surface area contributed by atoms with Crippen LogP contribution in [0.2, 0.25) is 0 Å². The third-order valence-electron chi connectivity index (χ3n) is 3.99. The van der Waals surface area contributed by atoms with E-state index in [1.54, 1.807) is 16.8 Å². The quantitative estimate of drug-likeness (QED) is 0.738. The Morgan fingerprint density at radius 2 is 1.85 bits per heavy atom. The van der Waals surface area contributed by atoms with Gasteiger partial charge in [0.2, 0.25) is 5.91 Å². The van der Waals surface area contributed by atoms with E-state index >= 15 is 0 Å². The van der Waals surface area contributed by atoms with Crippen LogP contribution in [0.15, 0.2) is 0 Å². The summed E-state index contributed by atoms with van der Waals surface area (Å²) < 4.78 is 0. The van der Waals surface area contributed by atoms with Crippen LogP contribution >= 0.6 is 0 Å². The number of aliphatic carboxylic acids is 1. The number of rotatable bonds is 1. The minimum Gasteiger partial charge on any atom is -0.481 e. The number of carboxylic acid groups (broad SMARTS) is 1. The molecular weight excluding hydrogens is 262 g/mol. The number of carbonyl (C=O) groups excluding carboxylic acids is 2. The highest BCUT2D eigenvalue weighted by Crippen LogP contribution is 2.18. The zero-order valence-electron chi connectivity index (χ0n) is 11.7. The van der Waals surface area contributed by atoms with Gasteiger partial charge in [-0.05, 0) is 19.3 Å². The van der Waals surface area contributed by atoms with Gasteiger partial charge in [-0.2, -0.15) is 0 Å². The Kier molecular flexibility index (Phi) is 4.46. The molecule has 7 nitrogen and oxygen atoms in total. The average Bonchev–Trinajstić information content (AvgIpc) is 2.60. The van der Waals surface area contributed by atoms with E-state index in [2.05, 4.69) is 0 Å². The fraction of sp³-hybridized carbons (Fsp3) is 0.769. The predicted octanol–water partition coefficient (Wildman–Crippen LogP) is 0.0671. The van der Waals surface area contributed by atoms with Crippen molar-refractivity contribution in [1.29, 1.82) is 0 Å². The Morgan fingerprint density at radius 1 is 1.15 bits per heavy atom. The van der Waals surface area contributed by atoms with Crippen LogP contribution in [0.3, 0.4) is 0 Å². The first-order valence-electron chi connectivity index (χ1n) is 6.99. The second-order valence-corrected chi connectivity index (χ2v) is 5.50. The highest BCUT2D eigenvalue weighted by atomic mass is 16.4. The number of likely N-dealkylation sites (tertiary alicyclic amines) is 1. The summed E-state index contributed by atoms with van der Waals surface area (Å²) in [6.45, 7) is 2.10. The van der Waals surface area contributed by atoms with E-state index in [1.165, 1.54) is 4.90 Å². The highest BCUT2D eigenvalue weighted by Gasteiger charge is 2.32. The van der Waals surface area contributed by atoms with Gasteiger partial charge < -0.3 is 19.8 Å². The van der Waals surface area contributed by atoms with E-state index in [0.29, 0.717) is 32.5 Å². The summed E-state index contributed by atoms with van der Waals surface area (Å²) in [5.74, 6) is -1.41. The van der Waals surface area contributed by atoms with E-state index in [9.17, 15) is 14.4 Å². The molecule has 0 saturated carbocycles. The monoisotopic (exact) mass is 283 g/mol. The Morgan fingerprint density at radius 3 is 2.55 bits per heavy atom. The second kappa shape index (κ2) is 6.11. The molecule has 112 valence electrons. The average molecular weight is 283 g/mol. The molecule has 2 aliphatic rings. The molecule has 1 N–H and O–H groups in total. The molecule has 2 heterocycles. The number of urea groups is 1. The Bertz CT molecular complexity index is 412. The molecule has 2 aliphatic heterocycles. The first-order valence-corrected chi connectivity index (χ1v) is 6.99. The SMILES string of the molecule is CN1CCCN(C(=O)N2CCC[C@H](C(=O)O)C2)CC1=O. The number of hydrogen-bond donors (Lipinski definition) is 1. The molecule has 2 rings (SSSR count). The maximum atomic E-state index is 12.4. The molecule has 2 saturated heterocycles. The first-order chi connectivity index (χ1) is 9.49. The molecule has 0 aromatic carbocycles. The number of carboxylic acids is 1. The fourth-order valence-electron chi connectivity index (χ4n) is 2.70. The van der Waals surface area contributed by atoms with E-state index in [4.69, 9.17) is 5.11 Å². The zero-order chi connectivity index (χ0) is 14.7. The van der Waals surface area contributed by atoms with Crippen molar-refractivity contribution in [3.63, 3.8) is 0 Å². The Hall–Kier alpha value is -1.79. The topological polar surface area (TPSA) is 81.2 Å². The third-order valence-corrected chi connectivity index (χ3v) is 3.99. The van der Waals surface area contributed by atoms with Gasteiger partial charge in [0.15, 0.2) is 0 Å². The molecule has 1 atom stereocenters. The van der Waals surface area contributed by atoms with Crippen molar-refractivity contribution in [2.24, 2.45) is 5.92 Å². The zero-order valence-corrected chi connectivity index (χ0v) is 11.7. The summed E-state index contributed by atoms with van der Waals surface area (Å²) in [5.41, 5.74) is 0. The molecule has 0 aromatic heterocycles. The van der Waals surface area contributed by atoms with Gasteiger partial charge in [0, 0.05) is 33.2 Å². The molecule has 2 fully saturated rings. The summed E-state index contributed by atoms with van der Waals surface area (Å²) in [6, 6.07) is -0.209. The summed E-state index contributed by atoms with van der Waals surface area (Å²) in [4.78, 5) is 40.0. The summed E-state index contributed by atoms with van der Waals surface area (Å²) in [6.07, 6.45) is 2.06. The van der Waals surface area contributed by atoms with Crippen LogP contribution in [-0.4, -0.2) is 77.5 Å². The minimum absolute atomic E-state index is 0.0670. The van der Waals surface area contributed by atoms with Gasteiger partial charge in [-0.1, -0.05) is 0 Å². The van der Waals surface area contributed by atoms with E-state index in [0.717, 1.165) is 6.42 Å². The number of piperidine rings is 1. The fourth-order valence-corrected chi connectivity index (χ4v) is 2.70. The predicted molar refractivity (Wildman–Crippen MR) is 71.2 cm³/mol. The van der Waals surface area contributed by atoms with Crippen molar-refractivity contribution in [3.8, 4) is 0 Å². The van der Waals surface area contributed by atoms with Crippen LogP contribution in [0.1, 0.15) is 19.3 Å². The standard InChI is InChI=1S/C13H21N3O4/c1-14-5-3-7-16(9-11(14)17)13(20)15-6-2-4-10(8-15)12(18)19/h10H,2-9H2,1H3,(H,18,19)/t10-/m0/s1. The number of likely N-dealkylation sites (N-methyl/N-ethyl adjacent to an activating group) is 1. The van der Waals surface area contributed by atoms with Crippen LogP contribution in [0, 0.1) is 5.92 Å². The Labute approximate surface area is 118 Å². The number of carbonyl (C=O) groups is 3. The van der Waals surface area contributed by atoms with Gasteiger partial charge in [0.25, 0.3) is 0 Å². The van der Waals surface area contributed by atoms with Gasteiger partial charge in [-0.3, -0.25) is 9.59 Å². The Balaban J connectivity index is 1.99. The molecular formula is C13H21N3O4. The molecule has 0 radical (unpaired) electrons. The van der Waals surface area contributed by atoms with Crippen LogP contribution in [0.4, 0.5) is 4.79 Å². The smallest absolute Gasteiger partial charge is 0.320 e. The lowest BCUT2D eigenvalue weighted by Gasteiger charge is -2.34. The minimum atomic E-state index is -0.853. The van der Waals surface area contributed by atoms with Crippen LogP contribution in [0.25, 0.3) is 0 Å². The lowest BCUT2D eigenvalue weighted by atomic mass is 9.98. The summed E-state index contributed by atoms with van der Waals surface area (Å²) in [5, 5.41) is 9.06. The molecule has 3 amide bonds. The highest BCUT2D eigenvalue weighted by molar-refractivity contribution is 5.84. The van der Waals surface area contributed by atoms with Crippen molar-refractivity contribution in [3.05, 3.63) is 0 Å². The first kappa shape index (κ1) is 14.6. The third kappa shape index (κ3) is 3.20. The summed E-state index contributed by atoms with van der Waals surface area (Å²) >= 11 is 0. The maximum Gasteiger partial charge on any atom is 0.320 e. The van der Waals surface area contributed by atoms with Crippen molar-refractivity contribution < 1.29 is 19.5 Å². The van der Waals surface area contributed by atoms with Crippen molar-refractivity contribution in [1.82, 2.24) is 14.7 Å². The van der Waals surface area contributed by atoms with Crippen LogP contribution in [-0.2, 0) is 9.59 Å². The van der Waals surface area contributed by atoms with E-state index < -0.39 is 11.9 Å². The van der Waals surface area contributed by atoms with Crippen LogP contribution in [0.5, 0.6) is 0 Å². The molecule has 7 heteroatoms. The van der Waals surface area contributed by atoms with Crippen molar-refractivity contribution in [2.45, 2.75) is 19.3 Å². The van der Waals surface area contributed by atoms with Gasteiger partial charge in [-0.25, -0.2) is 4.79 Å². The number of hydrogen-bond acceptors (Lipinski definition) is 3. The molecule has 0 bridgehead atoms. The van der Waals surface area contributed by atoms with E-state index in [-0.39, 0.29) is 25.0 Å². The number of amides is 3. The van der Waals surface area contributed by atoms with Crippen molar-refractivity contribution in [2.75, 3.05) is 39.8 Å². The van der Waals surface area contributed by atoms with Crippen LogP contribution < -0.4 is 0 Å². The largest absolute Gasteiger partial charge is 0.481 e. The van der Waals surface area contributed by atoms with Crippen molar-refractivity contribution >= 4 is 17.9 Å². The van der Waals surface area contributed by atoms with Gasteiger partial charge in [0.05, 0.1) is 5.92 Å².